The molecule has 2 aromatic carbocycles. The first-order chi connectivity index (χ1) is 12.3. The summed E-state index contributed by atoms with van der Waals surface area (Å²) in [5, 5.41) is 11.9. The van der Waals surface area contributed by atoms with Crippen LogP contribution < -0.4 is 10.1 Å². The standard InChI is InChI=1S/C18H16F2N2O4/c1-9(21-10(2)23)8-25-15-6-4-13-17(16(15)20)26-18(22-13)11-3-5-14(24)12(19)7-11/h3-7,9,24H,8H2,1-2H3,(H,21,23)/t9-/m0/s1. The minimum atomic E-state index is -0.832. The van der Waals surface area contributed by atoms with Gasteiger partial charge in [-0.3, -0.25) is 4.79 Å². The highest BCUT2D eigenvalue weighted by Gasteiger charge is 2.17. The molecule has 2 N–H and O–H groups in total. The molecular weight excluding hydrogens is 346 g/mol. The Bertz CT molecular complexity index is 971. The van der Waals surface area contributed by atoms with Gasteiger partial charge in [-0.2, -0.15) is 4.39 Å². The molecule has 1 aromatic heterocycles. The van der Waals surface area contributed by atoms with Gasteiger partial charge in [0.1, 0.15) is 12.1 Å². The highest BCUT2D eigenvalue weighted by atomic mass is 19.1. The Morgan fingerprint density at radius 3 is 2.81 bits per heavy atom. The normalized spacial score (nSPS) is 12.2. The number of phenolic OH excluding ortho intramolecular Hbond substituents is 1. The molecule has 26 heavy (non-hydrogen) atoms. The second kappa shape index (κ2) is 6.99. The third kappa shape index (κ3) is 3.58. The fraction of sp³-hybridized carbons (Fsp3) is 0.222. The summed E-state index contributed by atoms with van der Waals surface area (Å²) >= 11 is 0. The number of oxazole rings is 1. The molecule has 6 nitrogen and oxygen atoms in total. The second-order valence-electron chi connectivity index (χ2n) is 5.82. The molecule has 0 fully saturated rings. The molecule has 0 spiro atoms. The van der Waals surface area contributed by atoms with Crippen LogP contribution in [0, 0.1) is 11.6 Å². The van der Waals surface area contributed by atoms with Crippen molar-refractivity contribution in [3.8, 4) is 23.0 Å². The molecule has 0 aliphatic heterocycles. The fourth-order valence-corrected chi connectivity index (χ4v) is 2.42. The first-order valence-corrected chi connectivity index (χ1v) is 7.83. The summed E-state index contributed by atoms with van der Waals surface area (Å²) in [6, 6.07) is 6.24. The van der Waals surface area contributed by atoms with Crippen LogP contribution in [0.4, 0.5) is 8.78 Å². The second-order valence-corrected chi connectivity index (χ2v) is 5.82. The minimum Gasteiger partial charge on any atom is -0.505 e. The van der Waals surface area contributed by atoms with E-state index in [1.165, 1.54) is 25.1 Å². The van der Waals surface area contributed by atoms with E-state index in [0.717, 1.165) is 12.1 Å². The van der Waals surface area contributed by atoms with Gasteiger partial charge in [0.2, 0.25) is 17.6 Å². The quantitative estimate of drug-likeness (QED) is 0.727. The van der Waals surface area contributed by atoms with Crippen LogP contribution in [-0.2, 0) is 4.79 Å². The molecule has 0 bridgehead atoms. The molecule has 136 valence electrons. The summed E-state index contributed by atoms with van der Waals surface area (Å²) in [5.41, 5.74) is 0.379. The molecule has 0 unspecified atom stereocenters. The highest BCUT2D eigenvalue weighted by molar-refractivity contribution is 5.78. The average Bonchev–Trinajstić information content (AvgIpc) is 3.01. The van der Waals surface area contributed by atoms with Gasteiger partial charge in [0.05, 0.1) is 6.04 Å². The van der Waals surface area contributed by atoms with Crippen molar-refractivity contribution in [1.29, 1.82) is 0 Å². The molecule has 0 radical (unpaired) electrons. The lowest BCUT2D eigenvalue weighted by atomic mass is 10.2. The molecule has 0 saturated heterocycles. The predicted molar refractivity (Wildman–Crippen MR) is 89.8 cm³/mol. The van der Waals surface area contributed by atoms with E-state index in [0.29, 0.717) is 0 Å². The average molecular weight is 362 g/mol. The van der Waals surface area contributed by atoms with Gasteiger partial charge in [-0.15, -0.1) is 0 Å². The van der Waals surface area contributed by atoms with E-state index in [4.69, 9.17) is 9.15 Å². The third-order valence-electron chi connectivity index (χ3n) is 3.59. The van der Waals surface area contributed by atoms with Gasteiger partial charge < -0.3 is 19.6 Å². The van der Waals surface area contributed by atoms with E-state index in [1.54, 1.807) is 6.92 Å². The van der Waals surface area contributed by atoms with Crippen LogP contribution in [0.15, 0.2) is 34.7 Å². The van der Waals surface area contributed by atoms with Crippen LogP contribution in [0.5, 0.6) is 11.5 Å². The zero-order chi connectivity index (χ0) is 18.8. The number of hydrogen-bond donors (Lipinski definition) is 2. The lowest BCUT2D eigenvalue weighted by Crippen LogP contribution is -2.35. The number of nitrogens with zero attached hydrogens (tertiary/aromatic N) is 1. The van der Waals surface area contributed by atoms with Gasteiger partial charge in [-0.05, 0) is 37.3 Å². The molecule has 8 heteroatoms. The Hall–Kier alpha value is -3.16. The van der Waals surface area contributed by atoms with Crippen LogP contribution in [0.3, 0.4) is 0 Å². The minimum absolute atomic E-state index is 0.0153. The number of nitrogens with one attached hydrogen (secondary N) is 1. The van der Waals surface area contributed by atoms with Crippen molar-refractivity contribution in [2.24, 2.45) is 0 Å². The maximum Gasteiger partial charge on any atom is 0.227 e. The lowest BCUT2D eigenvalue weighted by molar-refractivity contribution is -0.119. The number of amides is 1. The lowest BCUT2D eigenvalue weighted by Gasteiger charge is -2.14. The molecule has 1 heterocycles. The molecule has 0 aliphatic rings. The van der Waals surface area contributed by atoms with Crippen LogP contribution in [0.25, 0.3) is 22.6 Å². The van der Waals surface area contributed by atoms with Crippen molar-refractivity contribution in [3.05, 3.63) is 42.0 Å². The molecule has 1 amide bonds. The number of hydrogen-bond acceptors (Lipinski definition) is 5. The largest absolute Gasteiger partial charge is 0.505 e. The summed E-state index contributed by atoms with van der Waals surface area (Å²) in [7, 11) is 0. The van der Waals surface area contributed by atoms with Crippen molar-refractivity contribution in [2.75, 3.05) is 6.61 Å². The first kappa shape index (κ1) is 17.7. The van der Waals surface area contributed by atoms with Gasteiger partial charge in [-0.25, -0.2) is 9.37 Å². The molecule has 3 rings (SSSR count). The summed E-state index contributed by atoms with van der Waals surface area (Å²) in [6.45, 7) is 3.18. The number of ether oxygens (including phenoxy) is 1. The summed E-state index contributed by atoms with van der Waals surface area (Å²) in [5.74, 6) is -2.31. The summed E-state index contributed by atoms with van der Waals surface area (Å²) < 4.78 is 38.9. The van der Waals surface area contributed by atoms with Gasteiger partial charge in [0.15, 0.2) is 22.9 Å². The van der Waals surface area contributed by atoms with E-state index < -0.39 is 17.4 Å². The smallest absolute Gasteiger partial charge is 0.227 e. The Balaban J connectivity index is 1.87. The number of benzene rings is 2. The van der Waals surface area contributed by atoms with E-state index >= 15 is 0 Å². The van der Waals surface area contributed by atoms with E-state index in [1.807, 2.05) is 0 Å². The van der Waals surface area contributed by atoms with Crippen LogP contribution >= 0.6 is 0 Å². The zero-order valence-corrected chi connectivity index (χ0v) is 14.0. The first-order valence-electron chi connectivity index (χ1n) is 7.83. The molecule has 3 aromatic rings. The van der Waals surface area contributed by atoms with Crippen LogP contribution in [0.2, 0.25) is 0 Å². The van der Waals surface area contributed by atoms with Crippen LogP contribution in [-0.4, -0.2) is 28.6 Å². The van der Waals surface area contributed by atoms with Gasteiger partial charge in [0, 0.05) is 12.5 Å². The number of phenols is 1. The van der Waals surface area contributed by atoms with Crippen molar-refractivity contribution in [2.45, 2.75) is 19.9 Å². The fourth-order valence-electron chi connectivity index (χ4n) is 2.42. The van der Waals surface area contributed by atoms with Crippen molar-refractivity contribution >= 4 is 17.0 Å². The number of carbonyl (C=O) groups is 1. The Morgan fingerprint density at radius 2 is 2.12 bits per heavy atom. The Morgan fingerprint density at radius 1 is 1.35 bits per heavy atom. The van der Waals surface area contributed by atoms with E-state index in [2.05, 4.69) is 10.3 Å². The number of carbonyl (C=O) groups excluding carboxylic acids is 1. The highest BCUT2D eigenvalue weighted by Crippen LogP contribution is 2.31. The Kier molecular flexibility index (Phi) is 4.75. The Labute approximate surface area is 147 Å². The maximum atomic E-state index is 14.6. The molecular formula is C18H16F2N2O4. The van der Waals surface area contributed by atoms with Gasteiger partial charge >= 0.3 is 0 Å². The van der Waals surface area contributed by atoms with Gasteiger partial charge in [0.25, 0.3) is 0 Å². The molecule has 0 saturated carbocycles. The number of rotatable bonds is 5. The number of fused-ring (bicyclic) bond motifs is 1. The molecule has 0 aliphatic carbocycles. The SMILES string of the molecule is CC(=O)N[C@@H](C)COc1ccc2nc(-c3ccc(O)c(F)c3)oc2c1F. The number of halogens is 2. The van der Waals surface area contributed by atoms with Gasteiger partial charge in [-0.1, -0.05) is 0 Å². The van der Waals surface area contributed by atoms with Crippen molar-refractivity contribution < 1.29 is 27.8 Å². The predicted octanol–water partition coefficient (Wildman–Crippen LogP) is 3.38. The number of aromatic hydroxyl groups is 1. The van der Waals surface area contributed by atoms with E-state index in [9.17, 15) is 18.7 Å². The maximum absolute atomic E-state index is 14.6. The monoisotopic (exact) mass is 362 g/mol. The number of aromatic nitrogens is 1. The summed E-state index contributed by atoms with van der Waals surface area (Å²) in [6.07, 6.45) is 0. The van der Waals surface area contributed by atoms with Crippen LogP contribution in [0.1, 0.15) is 13.8 Å². The van der Waals surface area contributed by atoms with Crippen molar-refractivity contribution in [1.82, 2.24) is 10.3 Å². The third-order valence-corrected chi connectivity index (χ3v) is 3.59. The van der Waals surface area contributed by atoms with E-state index in [-0.39, 0.29) is 46.9 Å². The molecule has 1 atom stereocenters. The summed E-state index contributed by atoms with van der Waals surface area (Å²) in [4.78, 5) is 15.1. The zero-order valence-electron chi connectivity index (χ0n) is 14.0. The van der Waals surface area contributed by atoms with Crippen molar-refractivity contribution in [3.63, 3.8) is 0 Å². The topological polar surface area (TPSA) is 84.6 Å².